The standard InChI is InChI=1S/C16H23N3O2/c17-15(19-21)14(11-12-7-3-1-4-8-12)16(20)18-13-9-5-2-6-10-13/h1,3-4,7-8,13-14,21H,2,5-6,9-11H2,(H2,17,19)(H,18,20). The Bertz CT molecular complexity index is 482. The Labute approximate surface area is 125 Å². The molecule has 0 spiro atoms. The molecule has 2 rings (SSSR count). The Morgan fingerprint density at radius 1 is 1.29 bits per heavy atom. The number of rotatable bonds is 5. The van der Waals surface area contributed by atoms with Gasteiger partial charge in [-0.25, -0.2) is 0 Å². The molecule has 0 aromatic heterocycles. The molecule has 0 heterocycles. The molecule has 21 heavy (non-hydrogen) atoms. The van der Waals surface area contributed by atoms with E-state index in [-0.39, 0.29) is 17.8 Å². The minimum Gasteiger partial charge on any atom is -0.409 e. The molecule has 0 bridgehead atoms. The van der Waals surface area contributed by atoms with Crippen molar-refractivity contribution in [3.63, 3.8) is 0 Å². The average molecular weight is 289 g/mol. The van der Waals surface area contributed by atoms with Gasteiger partial charge in [0, 0.05) is 6.04 Å². The lowest BCUT2D eigenvalue weighted by atomic mass is 9.93. The van der Waals surface area contributed by atoms with Crippen molar-refractivity contribution in [3.8, 4) is 0 Å². The zero-order chi connectivity index (χ0) is 15.1. The molecule has 1 amide bonds. The van der Waals surface area contributed by atoms with Gasteiger partial charge in [0.25, 0.3) is 0 Å². The quantitative estimate of drug-likeness (QED) is 0.335. The number of oxime groups is 1. The van der Waals surface area contributed by atoms with Gasteiger partial charge in [0.05, 0.1) is 0 Å². The molecule has 114 valence electrons. The molecule has 1 fully saturated rings. The highest BCUT2D eigenvalue weighted by Crippen LogP contribution is 2.18. The Hall–Kier alpha value is -2.04. The number of amides is 1. The van der Waals surface area contributed by atoms with Gasteiger partial charge in [0.1, 0.15) is 5.92 Å². The summed E-state index contributed by atoms with van der Waals surface area (Å²) >= 11 is 0. The van der Waals surface area contributed by atoms with Crippen LogP contribution in [-0.2, 0) is 11.2 Å². The summed E-state index contributed by atoms with van der Waals surface area (Å²) in [5.74, 6) is -0.812. The van der Waals surface area contributed by atoms with E-state index in [1.54, 1.807) is 0 Å². The number of hydrogen-bond donors (Lipinski definition) is 3. The third kappa shape index (κ3) is 4.48. The van der Waals surface area contributed by atoms with E-state index in [1.807, 2.05) is 30.3 Å². The van der Waals surface area contributed by atoms with E-state index >= 15 is 0 Å². The lowest BCUT2D eigenvalue weighted by Gasteiger charge is -2.25. The van der Waals surface area contributed by atoms with Crippen LogP contribution < -0.4 is 11.1 Å². The van der Waals surface area contributed by atoms with E-state index in [4.69, 9.17) is 10.9 Å². The first-order chi connectivity index (χ1) is 10.2. The van der Waals surface area contributed by atoms with Gasteiger partial charge < -0.3 is 16.3 Å². The van der Waals surface area contributed by atoms with Gasteiger partial charge in [-0.05, 0) is 24.8 Å². The summed E-state index contributed by atoms with van der Waals surface area (Å²) in [6.07, 6.45) is 6.00. The Kier molecular flexibility index (Phi) is 5.60. The molecule has 1 aromatic rings. The molecule has 5 nitrogen and oxygen atoms in total. The van der Waals surface area contributed by atoms with Gasteiger partial charge >= 0.3 is 0 Å². The summed E-state index contributed by atoms with van der Waals surface area (Å²) < 4.78 is 0. The van der Waals surface area contributed by atoms with E-state index < -0.39 is 5.92 Å². The molecule has 1 aliphatic rings. The fraction of sp³-hybridized carbons (Fsp3) is 0.500. The normalized spacial score (nSPS) is 18.2. The van der Waals surface area contributed by atoms with Crippen LogP contribution in [0.15, 0.2) is 35.5 Å². The second kappa shape index (κ2) is 7.67. The number of nitrogens with one attached hydrogen (secondary N) is 1. The van der Waals surface area contributed by atoms with Crippen LogP contribution in [-0.4, -0.2) is 23.0 Å². The molecule has 5 heteroatoms. The van der Waals surface area contributed by atoms with E-state index in [9.17, 15) is 4.79 Å². The first kappa shape index (κ1) is 15.4. The van der Waals surface area contributed by atoms with Crippen molar-refractivity contribution < 1.29 is 10.0 Å². The Morgan fingerprint density at radius 2 is 1.95 bits per heavy atom. The number of amidine groups is 1. The molecule has 0 radical (unpaired) electrons. The molecule has 1 atom stereocenters. The lowest BCUT2D eigenvalue weighted by molar-refractivity contribution is -0.124. The summed E-state index contributed by atoms with van der Waals surface area (Å²) in [5, 5.41) is 15.0. The van der Waals surface area contributed by atoms with Crippen LogP contribution in [0.4, 0.5) is 0 Å². The van der Waals surface area contributed by atoms with Gasteiger partial charge in [0.15, 0.2) is 5.84 Å². The predicted molar refractivity (Wildman–Crippen MR) is 82.1 cm³/mol. The van der Waals surface area contributed by atoms with Crippen LogP contribution in [0, 0.1) is 5.92 Å². The second-order valence-electron chi connectivity index (χ2n) is 5.61. The SMILES string of the molecule is NC(=NO)C(Cc1ccccc1)C(=O)NC1CCCCC1. The van der Waals surface area contributed by atoms with Gasteiger partial charge in [0.2, 0.25) is 5.91 Å². The van der Waals surface area contributed by atoms with Crippen molar-refractivity contribution in [2.75, 3.05) is 0 Å². The summed E-state index contributed by atoms with van der Waals surface area (Å²) in [4.78, 5) is 12.4. The predicted octanol–water partition coefficient (Wildman–Crippen LogP) is 2.04. The maximum Gasteiger partial charge on any atom is 0.231 e. The van der Waals surface area contributed by atoms with Crippen molar-refractivity contribution in [2.45, 2.75) is 44.6 Å². The van der Waals surface area contributed by atoms with Crippen molar-refractivity contribution in [1.29, 1.82) is 0 Å². The fourth-order valence-electron chi connectivity index (χ4n) is 2.80. The maximum atomic E-state index is 12.4. The first-order valence-electron chi connectivity index (χ1n) is 7.52. The van der Waals surface area contributed by atoms with E-state index in [2.05, 4.69) is 10.5 Å². The highest BCUT2D eigenvalue weighted by Gasteiger charge is 2.26. The monoisotopic (exact) mass is 289 g/mol. The summed E-state index contributed by atoms with van der Waals surface area (Å²) in [5.41, 5.74) is 6.70. The number of carbonyl (C=O) groups is 1. The van der Waals surface area contributed by atoms with E-state index in [0.717, 1.165) is 31.2 Å². The summed E-state index contributed by atoms with van der Waals surface area (Å²) in [7, 11) is 0. The molecule has 1 unspecified atom stereocenters. The third-order valence-electron chi connectivity index (χ3n) is 4.02. The molecular formula is C16H23N3O2. The lowest BCUT2D eigenvalue weighted by Crippen LogP contribution is -2.45. The van der Waals surface area contributed by atoms with Crippen LogP contribution in [0.25, 0.3) is 0 Å². The van der Waals surface area contributed by atoms with Gasteiger partial charge in [-0.1, -0.05) is 54.8 Å². The van der Waals surface area contributed by atoms with E-state index in [0.29, 0.717) is 6.42 Å². The maximum absolute atomic E-state index is 12.4. The third-order valence-corrected chi connectivity index (χ3v) is 4.02. The van der Waals surface area contributed by atoms with Crippen molar-refractivity contribution >= 4 is 11.7 Å². The Balaban J connectivity index is 2.02. The number of hydrogen-bond acceptors (Lipinski definition) is 3. The molecular weight excluding hydrogens is 266 g/mol. The smallest absolute Gasteiger partial charge is 0.231 e. The molecule has 1 aromatic carbocycles. The van der Waals surface area contributed by atoms with Gasteiger partial charge in [-0.15, -0.1) is 0 Å². The Morgan fingerprint density at radius 3 is 2.57 bits per heavy atom. The molecule has 4 N–H and O–H groups in total. The topological polar surface area (TPSA) is 87.7 Å². The van der Waals surface area contributed by atoms with Crippen LogP contribution >= 0.6 is 0 Å². The first-order valence-corrected chi connectivity index (χ1v) is 7.52. The van der Waals surface area contributed by atoms with Crippen LogP contribution in [0.2, 0.25) is 0 Å². The van der Waals surface area contributed by atoms with E-state index in [1.165, 1.54) is 6.42 Å². The highest BCUT2D eigenvalue weighted by atomic mass is 16.4. The number of nitrogens with two attached hydrogens (primary N) is 1. The second-order valence-corrected chi connectivity index (χ2v) is 5.61. The zero-order valence-corrected chi connectivity index (χ0v) is 12.2. The van der Waals surface area contributed by atoms with Crippen molar-refractivity contribution in [1.82, 2.24) is 5.32 Å². The number of benzene rings is 1. The van der Waals surface area contributed by atoms with Crippen LogP contribution in [0.1, 0.15) is 37.7 Å². The molecule has 0 saturated heterocycles. The fourth-order valence-corrected chi connectivity index (χ4v) is 2.80. The zero-order valence-electron chi connectivity index (χ0n) is 12.2. The van der Waals surface area contributed by atoms with Crippen molar-refractivity contribution in [3.05, 3.63) is 35.9 Å². The highest BCUT2D eigenvalue weighted by molar-refractivity contribution is 6.02. The van der Waals surface area contributed by atoms with Crippen LogP contribution in [0.5, 0.6) is 0 Å². The summed E-state index contributed by atoms with van der Waals surface area (Å²) in [6, 6.07) is 9.84. The number of carbonyl (C=O) groups excluding carboxylic acids is 1. The summed E-state index contributed by atoms with van der Waals surface area (Å²) in [6.45, 7) is 0. The number of nitrogens with zero attached hydrogens (tertiary/aromatic N) is 1. The minimum absolute atomic E-state index is 0.0350. The van der Waals surface area contributed by atoms with Gasteiger partial charge in [-0.2, -0.15) is 0 Å². The largest absolute Gasteiger partial charge is 0.409 e. The molecule has 1 saturated carbocycles. The molecule has 1 aliphatic carbocycles. The van der Waals surface area contributed by atoms with Crippen LogP contribution in [0.3, 0.4) is 0 Å². The average Bonchev–Trinajstić information content (AvgIpc) is 2.53. The minimum atomic E-state index is -0.626. The van der Waals surface area contributed by atoms with Gasteiger partial charge in [-0.3, -0.25) is 4.79 Å². The van der Waals surface area contributed by atoms with Crippen molar-refractivity contribution in [2.24, 2.45) is 16.8 Å². The molecule has 0 aliphatic heterocycles.